The first kappa shape index (κ1) is 17.9. The summed E-state index contributed by atoms with van der Waals surface area (Å²) in [4.78, 5) is 0. The van der Waals surface area contributed by atoms with Gasteiger partial charge in [-0.25, -0.2) is 0 Å². The van der Waals surface area contributed by atoms with Crippen molar-refractivity contribution in [2.24, 2.45) is 0 Å². The van der Waals surface area contributed by atoms with Crippen molar-refractivity contribution in [3.05, 3.63) is 55.6 Å². The Balaban J connectivity index is 2.71. The van der Waals surface area contributed by atoms with Gasteiger partial charge in [0, 0.05) is 0 Å². The molecule has 2 aromatic carbocycles. The Labute approximate surface area is 143 Å². The van der Waals surface area contributed by atoms with Crippen LogP contribution < -0.4 is 10.9 Å². The minimum Gasteiger partial charge on any atom is -0.0751 e. The smallest absolute Gasteiger partial charge is 0.0751 e. The van der Waals surface area contributed by atoms with E-state index >= 15 is 0 Å². The van der Waals surface area contributed by atoms with Gasteiger partial charge in [-0.15, -0.1) is 0 Å². The number of rotatable bonds is 2. The zero-order valence-corrected chi connectivity index (χ0v) is 16.6. The van der Waals surface area contributed by atoms with E-state index in [0.717, 1.165) is 0 Å². The molecular weight excluding hydrogens is 275 g/mol. The average molecular weight is 305 g/mol. The quantitative estimate of drug-likeness (QED) is 0.720. The second-order valence-electron chi connectivity index (χ2n) is 7.22. The average Bonchev–Trinajstić information content (AvgIpc) is 2.54. The van der Waals surface area contributed by atoms with E-state index in [9.17, 15) is 0 Å². The Morgan fingerprint density at radius 1 is 0.304 bits per heavy atom. The van der Waals surface area contributed by atoms with Gasteiger partial charge in [-0.3, -0.25) is 0 Å². The van der Waals surface area contributed by atoms with E-state index in [-0.39, 0.29) is 0 Å². The molecular formula is C22H30B. The molecule has 2 rings (SSSR count). The monoisotopic (exact) mass is 305 g/mol. The lowest BCUT2D eigenvalue weighted by Gasteiger charge is -2.22. The molecule has 121 valence electrons. The van der Waals surface area contributed by atoms with Crippen LogP contribution in [0.1, 0.15) is 55.6 Å². The third-order valence-electron chi connectivity index (χ3n) is 6.40. The van der Waals surface area contributed by atoms with Crippen LogP contribution in [-0.4, -0.2) is 7.28 Å². The minimum absolute atomic E-state index is 1.40. The van der Waals surface area contributed by atoms with E-state index in [1.807, 2.05) is 0 Å². The molecule has 0 bridgehead atoms. The van der Waals surface area contributed by atoms with Gasteiger partial charge in [0.15, 0.2) is 7.28 Å². The summed E-state index contributed by atoms with van der Waals surface area (Å²) in [6, 6.07) is 0. The summed E-state index contributed by atoms with van der Waals surface area (Å²) < 4.78 is 0. The summed E-state index contributed by atoms with van der Waals surface area (Å²) in [5.41, 5.74) is 17.0. The van der Waals surface area contributed by atoms with Crippen molar-refractivity contribution in [2.75, 3.05) is 0 Å². The Morgan fingerprint density at radius 3 is 0.696 bits per heavy atom. The van der Waals surface area contributed by atoms with E-state index in [1.54, 1.807) is 0 Å². The highest BCUT2D eigenvalue weighted by molar-refractivity contribution is 6.69. The topological polar surface area (TPSA) is 0 Å². The number of hydrogen-bond donors (Lipinski definition) is 0. The second-order valence-corrected chi connectivity index (χ2v) is 7.22. The van der Waals surface area contributed by atoms with Gasteiger partial charge >= 0.3 is 0 Å². The molecule has 1 radical (unpaired) electrons. The molecule has 0 heterocycles. The van der Waals surface area contributed by atoms with E-state index in [4.69, 9.17) is 0 Å². The minimum atomic E-state index is 1.40. The molecule has 0 aliphatic carbocycles. The van der Waals surface area contributed by atoms with E-state index in [2.05, 4.69) is 76.5 Å². The van der Waals surface area contributed by atoms with Gasteiger partial charge in [-0.2, -0.15) is 0 Å². The largest absolute Gasteiger partial charge is 0.192 e. The molecule has 0 unspecified atom stereocenters. The Kier molecular flexibility index (Phi) is 4.80. The zero-order chi connectivity index (χ0) is 17.6. The van der Waals surface area contributed by atoms with Crippen LogP contribution in [-0.2, 0) is 0 Å². The molecule has 0 fully saturated rings. The van der Waals surface area contributed by atoms with Gasteiger partial charge < -0.3 is 0 Å². The van der Waals surface area contributed by atoms with Gasteiger partial charge in [0.2, 0.25) is 0 Å². The molecule has 0 saturated carbocycles. The van der Waals surface area contributed by atoms with Crippen LogP contribution in [0.25, 0.3) is 0 Å². The lowest BCUT2D eigenvalue weighted by molar-refractivity contribution is 1.19. The molecule has 23 heavy (non-hydrogen) atoms. The van der Waals surface area contributed by atoms with Crippen LogP contribution in [0.5, 0.6) is 0 Å². The predicted molar refractivity (Wildman–Crippen MR) is 105 cm³/mol. The van der Waals surface area contributed by atoms with Crippen molar-refractivity contribution in [3.63, 3.8) is 0 Å². The maximum atomic E-state index is 2.42. The molecule has 0 saturated heterocycles. The van der Waals surface area contributed by atoms with Crippen molar-refractivity contribution in [1.29, 1.82) is 0 Å². The summed E-state index contributed by atoms with van der Waals surface area (Å²) >= 11 is 0. The van der Waals surface area contributed by atoms with E-state index < -0.39 is 0 Å². The van der Waals surface area contributed by atoms with Crippen molar-refractivity contribution in [1.82, 2.24) is 0 Å². The third kappa shape index (κ3) is 2.75. The molecule has 0 atom stereocenters. The van der Waals surface area contributed by atoms with E-state index in [1.165, 1.54) is 66.6 Å². The molecule has 0 nitrogen and oxygen atoms in total. The van der Waals surface area contributed by atoms with Crippen LogP contribution in [0.4, 0.5) is 0 Å². The standard InChI is InChI=1S/C22H30B/c1-11-13(3)17(7)21(18(8)14(11)4)23-22-19(9)15(5)12(2)16(6)20(22)10/h1-10H3. The molecule has 0 spiro atoms. The maximum absolute atomic E-state index is 2.42. The predicted octanol–water partition coefficient (Wildman–Crippen LogP) is 4.43. The Morgan fingerprint density at radius 2 is 0.478 bits per heavy atom. The molecule has 2 aromatic rings. The maximum Gasteiger partial charge on any atom is 0.192 e. The summed E-state index contributed by atoms with van der Waals surface area (Å²) in [6.07, 6.45) is 0. The highest BCUT2D eigenvalue weighted by Crippen LogP contribution is 2.21. The summed E-state index contributed by atoms with van der Waals surface area (Å²) in [7, 11) is 2.42. The van der Waals surface area contributed by atoms with Crippen LogP contribution in [0, 0.1) is 69.2 Å². The molecule has 0 N–H and O–H groups in total. The van der Waals surface area contributed by atoms with Crippen molar-refractivity contribution >= 4 is 18.2 Å². The SMILES string of the molecule is Cc1c(C)c(C)c([B]c2c(C)c(C)c(C)c(C)c2C)c(C)c1C. The lowest BCUT2D eigenvalue weighted by Crippen LogP contribution is -2.36. The fraction of sp³-hybridized carbons (Fsp3) is 0.455. The van der Waals surface area contributed by atoms with Crippen LogP contribution in [0.15, 0.2) is 0 Å². The van der Waals surface area contributed by atoms with Crippen LogP contribution in [0.2, 0.25) is 0 Å². The van der Waals surface area contributed by atoms with Crippen molar-refractivity contribution in [3.8, 4) is 0 Å². The summed E-state index contributed by atoms with van der Waals surface area (Å²) in [6.45, 7) is 22.5. The zero-order valence-electron chi connectivity index (χ0n) is 16.6. The van der Waals surface area contributed by atoms with Gasteiger partial charge in [-0.05, 0) is 103 Å². The third-order valence-corrected chi connectivity index (χ3v) is 6.40. The number of hydrogen-bond acceptors (Lipinski definition) is 0. The van der Waals surface area contributed by atoms with Gasteiger partial charge in [-0.1, -0.05) is 33.2 Å². The summed E-state index contributed by atoms with van der Waals surface area (Å²) in [5, 5.41) is 0. The first-order valence-electron chi connectivity index (χ1n) is 8.58. The molecule has 0 aliphatic rings. The Bertz CT molecular complexity index is 669. The van der Waals surface area contributed by atoms with Crippen LogP contribution >= 0.6 is 0 Å². The van der Waals surface area contributed by atoms with Crippen molar-refractivity contribution < 1.29 is 0 Å². The summed E-state index contributed by atoms with van der Waals surface area (Å²) in [5.74, 6) is 0. The van der Waals surface area contributed by atoms with Crippen molar-refractivity contribution in [2.45, 2.75) is 69.2 Å². The molecule has 0 aliphatic heterocycles. The number of benzene rings is 2. The highest BCUT2D eigenvalue weighted by Gasteiger charge is 2.18. The lowest BCUT2D eigenvalue weighted by atomic mass is 9.56. The molecule has 0 aromatic heterocycles. The molecule has 0 amide bonds. The van der Waals surface area contributed by atoms with Gasteiger partial charge in [0.1, 0.15) is 0 Å². The first-order valence-corrected chi connectivity index (χ1v) is 8.58. The van der Waals surface area contributed by atoms with Gasteiger partial charge in [0.05, 0.1) is 0 Å². The van der Waals surface area contributed by atoms with Crippen LogP contribution in [0.3, 0.4) is 0 Å². The molecule has 1 heteroatoms. The normalized spacial score (nSPS) is 11.0. The fourth-order valence-electron chi connectivity index (χ4n) is 3.64. The second kappa shape index (κ2) is 6.19. The fourth-order valence-corrected chi connectivity index (χ4v) is 3.64. The van der Waals surface area contributed by atoms with E-state index in [0.29, 0.717) is 0 Å². The first-order chi connectivity index (χ1) is 10.6. The van der Waals surface area contributed by atoms with Gasteiger partial charge in [0.25, 0.3) is 0 Å². The highest BCUT2D eigenvalue weighted by atomic mass is 14.2. The Hall–Kier alpha value is -1.50.